The van der Waals surface area contributed by atoms with Crippen LogP contribution in [0.4, 0.5) is 5.69 Å². The molecule has 0 bridgehead atoms. The molecule has 0 amide bonds. The first-order valence-electron chi connectivity index (χ1n) is 6.35. The molecule has 1 aliphatic rings. The average Bonchev–Trinajstić information content (AvgIpc) is 2.37. The second-order valence-electron chi connectivity index (χ2n) is 4.93. The van der Waals surface area contributed by atoms with Crippen molar-refractivity contribution in [3.8, 4) is 0 Å². The van der Waals surface area contributed by atoms with Gasteiger partial charge in [-0.05, 0) is 66.2 Å². The minimum absolute atomic E-state index is 0.438. The number of hydrogen-bond donors (Lipinski definition) is 1. The lowest BCUT2D eigenvalue weighted by Gasteiger charge is -2.29. The van der Waals surface area contributed by atoms with Crippen LogP contribution in [-0.2, 0) is 4.74 Å². The molecule has 0 atom stereocenters. The summed E-state index contributed by atoms with van der Waals surface area (Å²) in [7, 11) is 1.80. The molecular formula is C14H19BrClNO. The molecule has 0 spiro atoms. The number of ether oxygens (including phenoxy) is 1. The van der Waals surface area contributed by atoms with E-state index in [-0.39, 0.29) is 0 Å². The second-order valence-corrected chi connectivity index (χ2v) is 6.20. The van der Waals surface area contributed by atoms with Crippen LogP contribution in [0, 0.1) is 6.92 Å². The minimum atomic E-state index is 0.438. The molecule has 0 heterocycles. The normalized spacial score (nSPS) is 24.0. The van der Waals surface area contributed by atoms with Crippen LogP contribution in [0.2, 0.25) is 5.02 Å². The van der Waals surface area contributed by atoms with Crippen LogP contribution in [0.5, 0.6) is 0 Å². The summed E-state index contributed by atoms with van der Waals surface area (Å²) in [6, 6.07) is 4.58. The molecule has 1 N–H and O–H groups in total. The standard InChI is InChI=1S/C14H19BrClNO/c1-9-7-12(15)14(8-13(9)16)17-10-3-5-11(18-2)6-4-10/h7-8,10-11,17H,3-6H2,1-2H3. The van der Waals surface area contributed by atoms with Crippen LogP contribution in [0.15, 0.2) is 16.6 Å². The Morgan fingerprint density at radius 2 is 1.94 bits per heavy atom. The zero-order valence-corrected chi connectivity index (χ0v) is 13.1. The largest absolute Gasteiger partial charge is 0.381 e. The molecule has 2 nitrogen and oxygen atoms in total. The van der Waals surface area contributed by atoms with E-state index in [0.29, 0.717) is 12.1 Å². The first-order chi connectivity index (χ1) is 8.60. The Labute approximate surface area is 122 Å². The van der Waals surface area contributed by atoms with Crippen LogP contribution in [0.1, 0.15) is 31.2 Å². The Kier molecular flexibility index (Phi) is 4.93. The van der Waals surface area contributed by atoms with Gasteiger partial charge in [0.05, 0.1) is 11.8 Å². The number of aryl methyl sites for hydroxylation is 1. The predicted octanol–water partition coefficient (Wildman–Crippen LogP) is 4.78. The quantitative estimate of drug-likeness (QED) is 0.860. The third-order valence-electron chi connectivity index (χ3n) is 3.62. The van der Waals surface area contributed by atoms with Gasteiger partial charge in [-0.25, -0.2) is 0 Å². The first-order valence-corrected chi connectivity index (χ1v) is 7.52. The highest BCUT2D eigenvalue weighted by molar-refractivity contribution is 9.10. The van der Waals surface area contributed by atoms with Crippen LogP contribution < -0.4 is 5.32 Å². The van der Waals surface area contributed by atoms with E-state index in [2.05, 4.69) is 27.3 Å². The smallest absolute Gasteiger partial charge is 0.0572 e. The fourth-order valence-electron chi connectivity index (χ4n) is 2.42. The Balaban J connectivity index is 2.00. The lowest BCUT2D eigenvalue weighted by atomic mass is 9.93. The van der Waals surface area contributed by atoms with Gasteiger partial charge >= 0.3 is 0 Å². The fraction of sp³-hybridized carbons (Fsp3) is 0.571. The minimum Gasteiger partial charge on any atom is -0.381 e. The summed E-state index contributed by atoms with van der Waals surface area (Å²) in [6.45, 7) is 2.01. The van der Waals surface area contributed by atoms with Crippen molar-refractivity contribution < 1.29 is 4.74 Å². The summed E-state index contributed by atoms with van der Waals surface area (Å²) in [4.78, 5) is 0. The number of hydrogen-bond acceptors (Lipinski definition) is 2. The summed E-state index contributed by atoms with van der Waals surface area (Å²) >= 11 is 9.76. The lowest BCUT2D eigenvalue weighted by molar-refractivity contribution is 0.0682. The van der Waals surface area contributed by atoms with Crippen molar-refractivity contribution in [2.75, 3.05) is 12.4 Å². The van der Waals surface area contributed by atoms with Gasteiger partial charge in [-0.3, -0.25) is 0 Å². The van der Waals surface area contributed by atoms with Crippen molar-refractivity contribution in [1.82, 2.24) is 0 Å². The highest BCUT2D eigenvalue weighted by atomic mass is 79.9. The molecular weight excluding hydrogens is 314 g/mol. The molecule has 1 aromatic carbocycles. The van der Waals surface area contributed by atoms with Gasteiger partial charge < -0.3 is 10.1 Å². The van der Waals surface area contributed by atoms with E-state index >= 15 is 0 Å². The van der Waals surface area contributed by atoms with Gasteiger partial charge in [0.25, 0.3) is 0 Å². The summed E-state index contributed by atoms with van der Waals surface area (Å²) in [5.41, 5.74) is 2.18. The summed E-state index contributed by atoms with van der Waals surface area (Å²) in [5.74, 6) is 0. The monoisotopic (exact) mass is 331 g/mol. The molecule has 0 saturated heterocycles. The Morgan fingerprint density at radius 1 is 1.28 bits per heavy atom. The van der Waals surface area contributed by atoms with Crippen molar-refractivity contribution >= 4 is 33.2 Å². The van der Waals surface area contributed by atoms with Gasteiger partial charge in [0.1, 0.15) is 0 Å². The maximum atomic E-state index is 6.17. The zero-order chi connectivity index (χ0) is 13.1. The molecule has 0 unspecified atom stereocenters. The number of methoxy groups -OCH3 is 1. The van der Waals surface area contributed by atoms with E-state index in [9.17, 15) is 0 Å². The summed E-state index contributed by atoms with van der Waals surface area (Å²) in [6.07, 6.45) is 5.00. The summed E-state index contributed by atoms with van der Waals surface area (Å²) < 4.78 is 6.47. The Bertz CT molecular complexity index is 417. The van der Waals surface area contributed by atoms with Gasteiger partial charge in [-0.15, -0.1) is 0 Å². The Morgan fingerprint density at radius 3 is 2.56 bits per heavy atom. The van der Waals surface area contributed by atoms with Crippen molar-refractivity contribution in [2.24, 2.45) is 0 Å². The van der Waals surface area contributed by atoms with Gasteiger partial charge in [0.15, 0.2) is 0 Å². The SMILES string of the molecule is COC1CCC(Nc2cc(Cl)c(C)cc2Br)CC1. The predicted molar refractivity (Wildman–Crippen MR) is 80.6 cm³/mol. The van der Waals surface area contributed by atoms with E-state index in [0.717, 1.165) is 46.4 Å². The number of rotatable bonds is 3. The van der Waals surface area contributed by atoms with Crippen molar-refractivity contribution in [3.05, 3.63) is 27.2 Å². The molecule has 0 aliphatic heterocycles. The van der Waals surface area contributed by atoms with Crippen LogP contribution in [0.25, 0.3) is 0 Å². The molecule has 1 aromatic rings. The topological polar surface area (TPSA) is 21.3 Å². The highest BCUT2D eigenvalue weighted by Crippen LogP contribution is 2.32. The van der Waals surface area contributed by atoms with Gasteiger partial charge in [-0.2, -0.15) is 0 Å². The van der Waals surface area contributed by atoms with E-state index in [1.165, 1.54) is 0 Å². The first kappa shape index (κ1) is 14.2. The number of anilines is 1. The second kappa shape index (κ2) is 6.27. The average molecular weight is 333 g/mol. The van der Waals surface area contributed by atoms with E-state index in [1.54, 1.807) is 7.11 Å². The maximum Gasteiger partial charge on any atom is 0.0572 e. The molecule has 1 aliphatic carbocycles. The lowest BCUT2D eigenvalue weighted by Crippen LogP contribution is -2.29. The number of nitrogens with one attached hydrogen (secondary N) is 1. The number of benzene rings is 1. The van der Waals surface area contributed by atoms with Gasteiger partial charge in [0.2, 0.25) is 0 Å². The van der Waals surface area contributed by atoms with Crippen LogP contribution in [-0.4, -0.2) is 19.3 Å². The van der Waals surface area contributed by atoms with E-state index in [1.807, 2.05) is 13.0 Å². The van der Waals surface area contributed by atoms with E-state index in [4.69, 9.17) is 16.3 Å². The molecule has 18 heavy (non-hydrogen) atoms. The zero-order valence-electron chi connectivity index (χ0n) is 10.8. The van der Waals surface area contributed by atoms with Crippen molar-refractivity contribution in [1.29, 1.82) is 0 Å². The molecule has 4 heteroatoms. The molecule has 0 aromatic heterocycles. The number of halogens is 2. The third-order valence-corrected chi connectivity index (χ3v) is 4.68. The molecule has 2 rings (SSSR count). The molecule has 1 fully saturated rings. The van der Waals surface area contributed by atoms with E-state index < -0.39 is 0 Å². The molecule has 0 radical (unpaired) electrons. The Hall–Kier alpha value is -0.250. The highest BCUT2D eigenvalue weighted by Gasteiger charge is 2.21. The van der Waals surface area contributed by atoms with Crippen LogP contribution >= 0.6 is 27.5 Å². The molecule has 1 saturated carbocycles. The third kappa shape index (κ3) is 3.40. The maximum absolute atomic E-state index is 6.17. The van der Waals surface area contributed by atoms with Gasteiger partial charge in [-0.1, -0.05) is 11.6 Å². The van der Waals surface area contributed by atoms with Crippen LogP contribution in [0.3, 0.4) is 0 Å². The molecule has 100 valence electrons. The summed E-state index contributed by atoms with van der Waals surface area (Å²) in [5, 5.41) is 4.39. The van der Waals surface area contributed by atoms with Crippen molar-refractivity contribution in [3.63, 3.8) is 0 Å². The fourth-order valence-corrected chi connectivity index (χ4v) is 3.16. The van der Waals surface area contributed by atoms with Crippen molar-refractivity contribution in [2.45, 2.75) is 44.8 Å². The van der Waals surface area contributed by atoms with Gasteiger partial charge in [0, 0.05) is 22.6 Å².